The van der Waals surface area contributed by atoms with E-state index in [1.54, 1.807) is 48.5 Å². The largest absolute Gasteiger partial charge is 0.457 e. The van der Waals surface area contributed by atoms with Gasteiger partial charge < -0.3 is 15.0 Å². The van der Waals surface area contributed by atoms with E-state index in [0.717, 1.165) is 0 Å². The van der Waals surface area contributed by atoms with Crippen molar-refractivity contribution in [3.63, 3.8) is 0 Å². The molecule has 2 aromatic carbocycles. The Morgan fingerprint density at radius 3 is 2.08 bits per heavy atom. The van der Waals surface area contributed by atoms with E-state index in [2.05, 4.69) is 21.2 Å². The van der Waals surface area contributed by atoms with E-state index in [9.17, 15) is 4.79 Å². The molecule has 0 aromatic heterocycles. The lowest BCUT2D eigenvalue weighted by Gasteiger charge is -2.28. The van der Waals surface area contributed by atoms with Gasteiger partial charge in [-0.15, -0.1) is 0 Å². The fourth-order valence-electron chi connectivity index (χ4n) is 1.78. The van der Waals surface area contributed by atoms with E-state index in [0.29, 0.717) is 22.2 Å². The second kappa shape index (κ2) is 8.69. The number of hydrogen-bond donors (Lipinski definition) is 1. The van der Waals surface area contributed by atoms with Crippen molar-refractivity contribution in [1.29, 1.82) is 0 Å². The van der Waals surface area contributed by atoms with Gasteiger partial charge in [0.2, 0.25) is 3.24 Å². The molecule has 0 radical (unpaired) electrons. The van der Waals surface area contributed by atoms with Crippen LogP contribution >= 0.6 is 62.3 Å². The third-order valence-electron chi connectivity index (χ3n) is 3.09. The maximum absolute atomic E-state index is 12.2. The van der Waals surface area contributed by atoms with Gasteiger partial charge in [-0.05, 0) is 64.5 Å². The number of amides is 2. The molecule has 2 amide bonds. The van der Waals surface area contributed by atoms with Crippen LogP contribution in [0.25, 0.3) is 0 Å². The Kier molecular flexibility index (Phi) is 7.11. The Morgan fingerprint density at radius 1 is 1.12 bits per heavy atom. The quantitative estimate of drug-likeness (QED) is 0.378. The van der Waals surface area contributed by atoms with Crippen molar-refractivity contribution in [1.82, 2.24) is 4.90 Å². The molecule has 1 N–H and O–H groups in total. The number of hydrogen-bond acceptors (Lipinski definition) is 2. The lowest BCUT2D eigenvalue weighted by atomic mass is 10.3. The highest BCUT2D eigenvalue weighted by molar-refractivity contribution is 9.11. The monoisotopic (exact) mass is 484 g/mol. The second-order valence-corrected chi connectivity index (χ2v) is 9.40. The fraction of sp³-hybridized carbons (Fsp3) is 0.188. The Morgan fingerprint density at radius 2 is 1.60 bits per heavy atom. The Labute approximate surface area is 174 Å². The summed E-state index contributed by atoms with van der Waals surface area (Å²) in [5, 5.41) is 3.32. The molecule has 0 fully saturated rings. The van der Waals surface area contributed by atoms with E-state index in [1.165, 1.54) is 11.9 Å². The SMILES string of the molecule is CN(C(=O)Nc1ccc(Oc2ccc(Cl)cc2)cc1)C(Cl)C(Cl)(Cl)Br. The van der Waals surface area contributed by atoms with Crippen molar-refractivity contribution in [2.45, 2.75) is 8.74 Å². The number of anilines is 1. The molecule has 2 aromatic rings. The summed E-state index contributed by atoms with van der Waals surface area (Å²) < 4.78 is 4.22. The molecule has 0 spiro atoms. The minimum Gasteiger partial charge on any atom is -0.457 e. The third kappa shape index (κ3) is 6.12. The highest BCUT2D eigenvalue weighted by atomic mass is 79.9. The van der Waals surface area contributed by atoms with Crippen molar-refractivity contribution in [3.8, 4) is 11.5 Å². The highest BCUT2D eigenvalue weighted by Crippen LogP contribution is 2.37. The van der Waals surface area contributed by atoms with Gasteiger partial charge in [0.05, 0.1) is 0 Å². The van der Waals surface area contributed by atoms with Gasteiger partial charge in [0.15, 0.2) is 5.50 Å². The Bertz CT molecular complexity index is 720. The summed E-state index contributed by atoms with van der Waals surface area (Å²) in [6, 6.07) is 13.4. The number of rotatable bonds is 5. The molecule has 0 aliphatic heterocycles. The molecule has 134 valence electrons. The van der Waals surface area contributed by atoms with Crippen molar-refractivity contribution < 1.29 is 9.53 Å². The lowest BCUT2D eigenvalue weighted by molar-refractivity contribution is 0.219. The van der Waals surface area contributed by atoms with Gasteiger partial charge in [0, 0.05) is 17.8 Å². The molecular weight excluding hydrogens is 474 g/mol. The van der Waals surface area contributed by atoms with Crippen molar-refractivity contribution in [2.24, 2.45) is 0 Å². The molecule has 4 nitrogen and oxygen atoms in total. The predicted molar refractivity (Wildman–Crippen MR) is 108 cm³/mol. The van der Waals surface area contributed by atoms with Crippen molar-refractivity contribution in [2.75, 3.05) is 12.4 Å². The zero-order chi connectivity index (χ0) is 18.6. The van der Waals surface area contributed by atoms with Crippen LogP contribution < -0.4 is 10.1 Å². The average Bonchev–Trinajstić information content (AvgIpc) is 2.56. The van der Waals surface area contributed by atoms with Gasteiger partial charge in [-0.1, -0.05) is 46.4 Å². The Balaban J connectivity index is 1.98. The lowest BCUT2D eigenvalue weighted by Crippen LogP contribution is -2.43. The molecule has 0 bridgehead atoms. The van der Waals surface area contributed by atoms with Crippen molar-refractivity contribution >= 4 is 74.1 Å². The van der Waals surface area contributed by atoms with Crippen molar-refractivity contribution in [3.05, 3.63) is 53.6 Å². The number of nitrogens with zero attached hydrogens (tertiary/aromatic N) is 1. The van der Waals surface area contributed by atoms with Crippen LogP contribution in [0.1, 0.15) is 0 Å². The first kappa shape index (κ1) is 20.5. The maximum Gasteiger partial charge on any atom is 0.322 e. The molecule has 1 unspecified atom stereocenters. The fourth-order valence-corrected chi connectivity index (χ4v) is 2.59. The summed E-state index contributed by atoms with van der Waals surface area (Å²) in [5.41, 5.74) is -0.406. The smallest absolute Gasteiger partial charge is 0.322 e. The van der Waals surface area contributed by atoms with Crippen LogP contribution in [0.5, 0.6) is 11.5 Å². The number of carbonyl (C=O) groups excluding carboxylic acids is 1. The molecule has 0 aliphatic carbocycles. The molecule has 25 heavy (non-hydrogen) atoms. The van der Waals surface area contributed by atoms with Gasteiger partial charge in [-0.2, -0.15) is 0 Å². The highest BCUT2D eigenvalue weighted by Gasteiger charge is 2.35. The second-order valence-electron chi connectivity index (χ2n) is 5.00. The summed E-state index contributed by atoms with van der Waals surface area (Å²) in [4.78, 5) is 13.3. The molecule has 9 heteroatoms. The van der Waals surface area contributed by atoms with E-state index in [4.69, 9.17) is 51.1 Å². The van der Waals surface area contributed by atoms with Gasteiger partial charge in [0.25, 0.3) is 0 Å². The van der Waals surface area contributed by atoms with E-state index in [-0.39, 0.29) is 0 Å². The third-order valence-corrected chi connectivity index (χ3v) is 5.29. The first-order valence-corrected chi connectivity index (χ1v) is 9.31. The van der Waals surface area contributed by atoms with Gasteiger partial charge in [-0.25, -0.2) is 4.79 Å². The van der Waals surface area contributed by atoms with E-state index in [1.807, 2.05) is 0 Å². The van der Waals surface area contributed by atoms with Crippen LogP contribution in [-0.4, -0.2) is 26.7 Å². The van der Waals surface area contributed by atoms with Gasteiger partial charge in [0.1, 0.15) is 11.5 Å². The standard InChI is InChI=1S/C16H13BrCl4N2O2/c1-23(14(19)16(17,20)21)15(24)22-11-4-8-13(9-5-11)25-12-6-2-10(18)3-7-12/h2-9,14H,1H3,(H,22,24). The van der Waals surface area contributed by atoms with Crippen LogP contribution in [0.15, 0.2) is 48.5 Å². The normalized spacial score (nSPS) is 12.4. The number of benzene rings is 2. The number of ether oxygens (including phenoxy) is 1. The van der Waals surface area contributed by atoms with Gasteiger partial charge >= 0.3 is 6.03 Å². The Hall–Kier alpha value is -0.850. The summed E-state index contributed by atoms with van der Waals surface area (Å²) in [5.74, 6) is 1.27. The van der Waals surface area contributed by atoms with Crippen LogP contribution in [0.2, 0.25) is 5.02 Å². The minimum atomic E-state index is -1.46. The number of nitrogens with one attached hydrogen (secondary N) is 1. The molecule has 2 rings (SSSR count). The van der Waals surface area contributed by atoms with E-state index >= 15 is 0 Å². The van der Waals surface area contributed by atoms with Crippen LogP contribution in [-0.2, 0) is 0 Å². The van der Waals surface area contributed by atoms with Gasteiger partial charge in [-0.3, -0.25) is 0 Å². The topological polar surface area (TPSA) is 41.6 Å². The first-order chi connectivity index (χ1) is 11.7. The zero-order valence-corrected chi connectivity index (χ0v) is 17.5. The molecule has 1 atom stereocenters. The summed E-state index contributed by atoms with van der Waals surface area (Å²) in [7, 11) is 1.48. The van der Waals surface area contributed by atoms with E-state index < -0.39 is 14.8 Å². The summed E-state index contributed by atoms with van der Waals surface area (Å²) in [6.45, 7) is 0. The van der Waals surface area contributed by atoms with Crippen LogP contribution in [0.4, 0.5) is 10.5 Å². The number of carbonyl (C=O) groups is 1. The minimum absolute atomic E-state index is 0.462. The molecule has 0 saturated heterocycles. The molecule has 0 aliphatic rings. The van der Waals surface area contributed by atoms with Crippen LogP contribution in [0.3, 0.4) is 0 Å². The molecular formula is C16H13BrCl4N2O2. The number of urea groups is 1. The molecule has 0 saturated carbocycles. The van der Waals surface area contributed by atoms with Crippen LogP contribution in [0, 0.1) is 0 Å². The zero-order valence-electron chi connectivity index (χ0n) is 12.8. The number of alkyl halides is 4. The number of halogens is 5. The first-order valence-electron chi connectivity index (χ1n) is 6.95. The predicted octanol–water partition coefficient (Wildman–Crippen LogP) is 6.69. The summed E-state index contributed by atoms with van der Waals surface area (Å²) in [6.07, 6.45) is 0. The maximum atomic E-state index is 12.2. The average molecular weight is 487 g/mol. The summed E-state index contributed by atoms with van der Waals surface area (Å²) >= 11 is 26.5. The molecule has 0 heterocycles.